The minimum Gasteiger partial charge on any atom is -0.428 e. The highest BCUT2D eigenvalue weighted by molar-refractivity contribution is 6.29. The number of para-hydroxylation sites is 1. The van der Waals surface area contributed by atoms with Gasteiger partial charge in [-0.05, 0) is 6.07 Å². The molecule has 0 bridgehead atoms. The Bertz CT molecular complexity index is 666. The van der Waals surface area contributed by atoms with Crippen molar-refractivity contribution in [3.05, 3.63) is 51.2 Å². The highest BCUT2D eigenvalue weighted by Crippen LogP contribution is 2.33. The maximum atomic E-state index is 13.7. The SMILES string of the molecule is CCc1nc(Cl)cc(Oc2c(F)cccc2[N+](=O)[O-])n1. The van der Waals surface area contributed by atoms with Gasteiger partial charge in [0.15, 0.2) is 5.82 Å². The van der Waals surface area contributed by atoms with E-state index in [9.17, 15) is 14.5 Å². The van der Waals surface area contributed by atoms with Gasteiger partial charge in [0.2, 0.25) is 11.6 Å². The Morgan fingerprint density at radius 2 is 2.20 bits per heavy atom. The van der Waals surface area contributed by atoms with Crippen molar-refractivity contribution in [1.82, 2.24) is 9.97 Å². The first-order valence-electron chi connectivity index (χ1n) is 5.65. The molecule has 20 heavy (non-hydrogen) atoms. The zero-order chi connectivity index (χ0) is 14.7. The van der Waals surface area contributed by atoms with Gasteiger partial charge in [-0.2, -0.15) is 4.98 Å². The fraction of sp³-hybridized carbons (Fsp3) is 0.167. The number of nitrogens with zero attached hydrogens (tertiary/aromatic N) is 3. The van der Waals surface area contributed by atoms with E-state index in [1.54, 1.807) is 6.92 Å². The molecule has 0 saturated carbocycles. The van der Waals surface area contributed by atoms with Gasteiger partial charge in [0.1, 0.15) is 11.0 Å². The molecule has 1 aromatic heterocycles. The normalized spacial score (nSPS) is 10.3. The average molecular weight is 298 g/mol. The topological polar surface area (TPSA) is 78.2 Å². The molecule has 0 fully saturated rings. The third-order valence-electron chi connectivity index (χ3n) is 2.38. The molecule has 0 radical (unpaired) electrons. The Labute approximate surface area is 118 Å². The molecule has 0 aliphatic rings. The van der Waals surface area contributed by atoms with Crippen LogP contribution in [0.4, 0.5) is 10.1 Å². The average Bonchev–Trinajstić information content (AvgIpc) is 2.40. The molecule has 6 nitrogen and oxygen atoms in total. The van der Waals surface area contributed by atoms with Gasteiger partial charge < -0.3 is 4.74 Å². The summed E-state index contributed by atoms with van der Waals surface area (Å²) in [6.45, 7) is 1.81. The monoisotopic (exact) mass is 297 g/mol. The summed E-state index contributed by atoms with van der Waals surface area (Å²) in [6, 6.07) is 4.69. The minimum absolute atomic E-state index is 0.0463. The van der Waals surface area contributed by atoms with E-state index in [4.69, 9.17) is 16.3 Å². The van der Waals surface area contributed by atoms with Crippen LogP contribution in [0.3, 0.4) is 0 Å². The lowest BCUT2D eigenvalue weighted by atomic mass is 10.3. The first kappa shape index (κ1) is 14.1. The van der Waals surface area contributed by atoms with E-state index in [0.717, 1.165) is 12.1 Å². The minimum atomic E-state index is -0.855. The van der Waals surface area contributed by atoms with E-state index in [0.29, 0.717) is 12.2 Å². The molecule has 0 unspecified atom stereocenters. The van der Waals surface area contributed by atoms with E-state index >= 15 is 0 Å². The lowest BCUT2D eigenvalue weighted by molar-refractivity contribution is -0.385. The number of benzene rings is 1. The van der Waals surface area contributed by atoms with Crippen LogP contribution in [0.1, 0.15) is 12.7 Å². The predicted octanol–water partition coefficient (Wildman–Crippen LogP) is 3.53. The quantitative estimate of drug-likeness (QED) is 0.490. The van der Waals surface area contributed by atoms with Crippen molar-refractivity contribution in [3.8, 4) is 11.6 Å². The second-order valence-corrected chi connectivity index (χ2v) is 4.13. The summed E-state index contributed by atoms with van der Waals surface area (Å²) in [7, 11) is 0. The van der Waals surface area contributed by atoms with Crippen molar-refractivity contribution in [2.45, 2.75) is 13.3 Å². The number of nitro benzene ring substituents is 1. The number of rotatable bonds is 4. The maximum absolute atomic E-state index is 13.7. The highest BCUT2D eigenvalue weighted by Gasteiger charge is 2.21. The summed E-state index contributed by atoms with van der Waals surface area (Å²) in [6.07, 6.45) is 0.496. The number of hydrogen-bond acceptors (Lipinski definition) is 5. The zero-order valence-electron chi connectivity index (χ0n) is 10.3. The number of hydrogen-bond donors (Lipinski definition) is 0. The Hall–Kier alpha value is -2.28. The first-order valence-corrected chi connectivity index (χ1v) is 6.03. The van der Waals surface area contributed by atoms with Gasteiger partial charge in [-0.3, -0.25) is 10.1 Å². The standard InChI is InChI=1S/C12H9ClFN3O3/c1-2-10-15-9(13)6-11(16-10)20-12-7(14)4-3-5-8(12)17(18)19/h3-6H,2H2,1H3. The molecule has 2 rings (SSSR count). The first-order chi connectivity index (χ1) is 9.51. The van der Waals surface area contributed by atoms with Crippen LogP contribution in [0.2, 0.25) is 5.15 Å². The van der Waals surface area contributed by atoms with E-state index in [-0.39, 0.29) is 11.0 Å². The van der Waals surface area contributed by atoms with Crippen molar-refractivity contribution in [1.29, 1.82) is 0 Å². The molecular formula is C12H9ClFN3O3. The van der Waals surface area contributed by atoms with Crippen LogP contribution < -0.4 is 4.74 Å². The molecule has 104 valence electrons. The fourth-order valence-corrected chi connectivity index (χ4v) is 1.69. The van der Waals surface area contributed by atoms with Gasteiger partial charge in [0.25, 0.3) is 0 Å². The molecule has 1 heterocycles. The lowest BCUT2D eigenvalue weighted by Gasteiger charge is -2.07. The second kappa shape index (κ2) is 5.79. The molecule has 0 amide bonds. The highest BCUT2D eigenvalue weighted by atomic mass is 35.5. The molecule has 1 aromatic carbocycles. The van der Waals surface area contributed by atoms with Crippen LogP contribution in [-0.4, -0.2) is 14.9 Å². The smallest absolute Gasteiger partial charge is 0.314 e. The van der Waals surface area contributed by atoms with Crippen molar-refractivity contribution in [3.63, 3.8) is 0 Å². The number of nitro groups is 1. The van der Waals surface area contributed by atoms with Crippen LogP contribution in [0, 0.1) is 15.9 Å². The number of halogens is 2. The van der Waals surface area contributed by atoms with Crippen molar-refractivity contribution in [2.75, 3.05) is 0 Å². The summed E-state index contributed by atoms with van der Waals surface area (Å²) >= 11 is 5.78. The molecule has 2 aromatic rings. The predicted molar refractivity (Wildman–Crippen MR) is 69.5 cm³/mol. The van der Waals surface area contributed by atoms with Crippen molar-refractivity contribution in [2.24, 2.45) is 0 Å². The molecule has 0 aliphatic heterocycles. The molecule has 0 spiro atoms. The molecule has 0 aliphatic carbocycles. The third kappa shape index (κ3) is 3.00. The zero-order valence-corrected chi connectivity index (χ0v) is 11.1. The third-order valence-corrected chi connectivity index (χ3v) is 2.58. The Morgan fingerprint density at radius 3 is 2.85 bits per heavy atom. The van der Waals surface area contributed by atoms with E-state index in [1.807, 2.05) is 0 Å². The van der Waals surface area contributed by atoms with E-state index < -0.39 is 22.2 Å². The van der Waals surface area contributed by atoms with Crippen molar-refractivity contribution >= 4 is 17.3 Å². The largest absolute Gasteiger partial charge is 0.428 e. The number of aryl methyl sites for hydroxylation is 1. The van der Waals surface area contributed by atoms with Crippen LogP contribution in [0.5, 0.6) is 11.6 Å². The summed E-state index contributed by atoms with van der Waals surface area (Å²) < 4.78 is 18.8. The van der Waals surface area contributed by atoms with E-state index in [2.05, 4.69) is 9.97 Å². The van der Waals surface area contributed by atoms with Gasteiger partial charge >= 0.3 is 5.69 Å². The maximum Gasteiger partial charge on any atom is 0.314 e. The number of aromatic nitrogens is 2. The Kier molecular flexibility index (Phi) is 4.09. The molecule has 0 saturated heterocycles. The number of ether oxygens (including phenoxy) is 1. The van der Waals surface area contributed by atoms with Crippen LogP contribution in [0.15, 0.2) is 24.3 Å². The summed E-state index contributed by atoms with van der Waals surface area (Å²) in [5, 5.41) is 11.0. The molecule has 0 atom stereocenters. The van der Waals surface area contributed by atoms with Gasteiger partial charge in [-0.1, -0.05) is 24.6 Å². The van der Waals surface area contributed by atoms with Crippen LogP contribution in [0.25, 0.3) is 0 Å². The van der Waals surface area contributed by atoms with Crippen LogP contribution >= 0.6 is 11.6 Å². The summed E-state index contributed by atoms with van der Waals surface area (Å²) in [5.41, 5.74) is -0.488. The lowest BCUT2D eigenvalue weighted by Crippen LogP contribution is -2.00. The van der Waals surface area contributed by atoms with Gasteiger partial charge in [-0.15, -0.1) is 0 Å². The second-order valence-electron chi connectivity index (χ2n) is 3.75. The Morgan fingerprint density at radius 1 is 1.45 bits per heavy atom. The summed E-state index contributed by atoms with van der Waals surface area (Å²) in [5.74, 6) is -1.01. The van der Waals surface area contributed by atoms with Gasteiger partial charge in [-0.25, -0.2) is 9.37 Å². The van der Waals surface area contributed by atoms with E-state index in [1.165, 1.54) is 12.1 Å². The Balaban J connectivity index is 2.44. The van der Waals surface area contributed by atoms with Crippen molar-refractivity contribution < 1.29 is 14.1 Å². The summed E-state index contributed by atoms with van der Waals surface area (Å²) in [4.78, 5) is 18.0. The molecule has 0 N–H and O–H groups in total. The fourth-order valence-electron chi connectivity index (χ4n) is 1.50. The molecular weight excluding hydrogens is 289 g/mol. The van der Waals surface area contributed by atoms with Gasteiger partial charge in [0, 0.05) is 18.6 Å². The van der Waals surface area contributed by atoms with Gasteiger partial charge in [0.05, 0.1) is 4.92 Å². The van der Waals surface area contributed by atoms with Crippen LogP contribution in [-0.2, 0) is 6.42 Å². The molecule has 8 heteroatoms.